The number of likely N-dealkylation sites (N-methyl/N-ethyl adjacent to an activating group) is 1. The van der Waals surface area contributed by atoms with Gasteiger partial charge in [-0.05, 0) is 30.7 Å². The van der Waals surface area contributed by atoms with E-state index in [1.807, 2.05) is 35.2 Å². The van der Waals surface area contributed by atoms with Crippen molar-refractivity contribution in [1.29, 1.82) is 0 Å². The maximum absolute atomic E-state index is 14.6. The number of aliphatic hydroxyl groups is 1. The number of carbonyl (C=O) groups is 3. The molecule has 7 atom stereocenters. The molecule has 3 heterocycles. The molecule has 1 aromatic rings. The van der Waals surface area contributed by atoms with Gasteiger partial charge in [-0.3, -0.25) is 14.4 Å². The Morgan fingerprint density at radius 2 is 1.88 bits per heavy atom. The fourth-order valence-electron chi connectivity index (χ4n) is 7.26. The summed E-state index contributed by atoms with van der Waals surface area (Å²) in [5, 5.41) is 10.7. The predicted molar refractivity (Wildman–Crippen MR) is 161 cm³/mol. The van der Waals surface area contributed by atoms with Crippen LogP contribution in [0.4, 0.5) is 0 Å². The van der Waals surface area contributed by atoms with Crippen molar-refractivity contribution in [2.24, 2.45) is 17.8 Å². The van der Waals surface area contributed by atoms with E-state index in [1.165, 1.54) is 0 Å². The average molecular weight is 568 g/mol. The molecule has 0 aliphatic carbocycles. The van der Waals surface area contributed by atoms with Gasteiger partial charge in [-0.2, -0.15) is 0 Å². The first-order valence-corrected chi connectivity index (χ1v) is 15.5. The smallest absolute Gasteiger partial charge is 0.247 e. The minimum absolute atomic E-state index is 0.0178. The van der Waals surface area contributed by atoms with E-state index in [-0.39, 0.29) is 35.5 Å². The van der Waals surface area contributed by atoms with Gasteiger partial charge in [-0.25, -0.2) is 0 Å². The van der Waals surface area contributed by atoms with Crippen LogP contribution < -0.4 is 0 Å². The van der Waals surface area contributed by atoms with Crippen molar-refractivity contribution >= 4 is 29.5 Å². The first-order valence-electron chi connectivity index (χ1n) is 14.7. The minimum Gasteiger partial charge on any atom is -0.394 e. The molecule has 218 valence electrons. The number of unbranched alkanes of at least 4 members (excludes halogenated alkanes) is 2. The molecule has 40 heavy (non-hydrogen) atoms. The van der Waals surface area contributed by atoms with E-state index in [1.54, 1.807) is 40.8 Å². The van der Waals surface area contributed by atoms with Gasteiger partial charge in [0, 0.05) is 31.9 Å². The number of fused-ring (bicyclic) bond motifs is 1. The number of carbonyl (C=O) groups excluding carboxylic acids is 3. The first-order chi connectivity index (χ1) is 19.3. The number of benzene rings is 1. The van der Waals surface area contributed by atoms with Crippen molar-refractivity contribution in [2.45, 2.75) is 68.0 Å². The highest BCUT2D eigenvalue weighted by Gasteiger charge is 2.76. The molecule has 7 nitrogen and oxygen atoms in total. The van der Waals surface area contributed by atoms with Crippen molar-refractivity contribution in [2.75, 3.05) is 33.3 Å². The van der Waals surface area contributed by atoms with Crippen LogP contribution in [0, 0.1) is 17.8 Å². The highest BCUT2D eigenvalue weighted by molar-refractivity contribution is 8.02. The molecule has 0 saturated carbocycles. The summed E-state index contributed by atoms with van der Waals surface area (Å²) in [6.07, 6.45) is 7.57. The van der Waals surface area contributed by atoms with Gasteiger partial charge in [0.05, 0.1) is 29.2 Å². The number of likely N-dealkylation sites (tertiary alicyclic amines) is 1. The average Bonchev–Trinajstić information content (AvgIpc) is 3.55. The summed E-state index contributed by atoms with van der Waals surface area (Å²) in [6.45, 7) is 13.1. The maximum atomic E-state index is 14.6. The van der Waals surface area contributed by atoms with Crippen LogP contribution in [0.2, 0.25) is 0 Å². The first kappa shape index (κ1) is 30.4. The van der Waals surface area contributed by atoms with Gasteiger partial charge in [0.15, 0.2) is 0 Å². The van der Waals surface area contributed by atoms with Gasteiger partial charge in [-0.15, -0.1) is 24.9 Å². The predicted octanol–water partition coefficient (Wildman–Crippen LogP) is 3.78. The number of hydrogen-bond donors (Lipinski definition) is 1. The van der Waals surface area contributed by atoms with Crippen LogP contribution in [0.5, 0.6) is 0 Å². The molecule has 0 radical (unpaired) electrons. The van der Waals surface area contributed by atoms with E-state index >= 15 is 0 Å². The Hall–Kier alpha value is -2.58. The zero-order valence-corrected chi connectivity index (χ0v) is 25.0. The highest BCUT2D eigenvalue weighted by atomic mass is 32.2. The topological polar surface area (TPSA) is 81.2 Å². The summed E-state index contributed by atoms with van der Waals surface area (Å²) in [5.74, 6) is -1.36. The van der Waals surface area contributed by atoms with E-state index in [0.29, 0.717) is 26.1 Å². The summed E-state index contributed by atoms with van der Waals surface area (Å²) in [6, 6.07) is 8.45. The molecule has 2 bridgehead atoms. The van der Waals surface area contributed by atoms with Crippen LogP contribution >= 0.6 is 11.8 Å². The molecule has 3 aliphatic heterocycles. The SMILES string of the molecule is C=CCN(C)C(=O)[C@@H]1[C@@H]2CC(C)C3(S2)C(C(=O)N(CC=C)CCCCC)N([C@@H](CO)Cc2ccccc2)C(=O)[C@H]13. The summed E-state index contributed by atoms with van der Waals surface area (Å²) < 4.78 is -0.720. The summed E-state index contributed by atoms with van der Waals surface area (Å²) >= 11 is 1.68. The third kappa shape index (κ3) is 5.25. The lowest BCUT2D eigenvalue weighted by atomic mass is 9.65. The molecule has 3 amide bonds. The summed E-state index contributed by atoms with van der Waals surface area (Å²) in [5.41, 5.74) is 0.990. The zero-order valence-electron chi connectivity index (χ0n) is 24.2. The third-order valence-corrected chi connectivity index (χ3v) is 11.2. The maximum Gasteiger partial charge on any atom is 0.247 e. The Labute approximate surface area is 243 Å². The molecular formula is C32H45N3O4S. The number of amides is 3. The Morgan fingerprint density at radius 3 is 2.50 bits per heavy atom. The number of rotatable bonds is 14. The van der Waals surface area contributed by atoms with Crippen molar-refractivity contribution in [3.05, 3.63) is 61.2 Å². The van der Waals surface area contributed by atoms with Crippen LogP contribution in [0.1, 0.15) is 45.1 Å². The lowest BCUT2D eigenvalue weighted by Crippen LogP contribution is -2.59. The monoisotopic (exact) mass is 567 g/mol. The van der Waals surface area contributed by atoms with E-state index in [4.69, 9.17) is 0 Å². The van der Waals surface area contributed by atoms with Crippen LogP contribution in [-0.2, 0) is 20.8 Å². The largest absolute Gasteiger partial charge is 0.394 e. The minimum atomic E-state index is -0.750. The quantitative estimate of drug-likeness (QED) is 0.273. The Balaban J connectivity index is 1.80. The molecule has 3 aliphatic rings. The van der Waals surface area contributed by atoms with Crippen molar-refractivity contribution in [3.63, 3.8) is 0 Å². The van der Waals surface area contributed by atoms with E-state index in [0.717, 1.165) is 31.2 Å². The van der Waals surface area contributed by atoms with Gasteiger partial charge >= 0.3 is 0 Å². The number of thioether (sulfide) groups is 1. The van der Waals surface area contributed by atoms with Crippen LogP contribution in [-0.4, -0.2) is 92.9 Å². The van der Waals surface area contributed by atoms with Crippen LogP contribution in [0.25, 0.3) is 0 Å². The molecule has 3 fully saturated rings. The van der Waals surface area contributed by atoms with Gasteiger partial charge < -0.3 is 19.8 Å². The molecule has 8 heteroatoms. The van der Waals surface area contributed by atoms with Gasteiger partial charge in [-0.1, -0.05) is 69.2 Å². The third-order valence-electron chi connectivity index (χ3n) is 9.09. The summed E-state index contributed by atoms with van der Waals surface area (Å²) in [4.78, 5) is 48.1. The molecular weight excluding hydrogens is 522 g/mol. The van der Waals surface area contributed by atoms with E-state index in [9.17, 15) is 19.5 Å². The van der Waals surface area contributed by atoms with Gasteiger partial charge in [0.2, 0.25) is 17.7 Å². The second-order valence-electron chi connectivity index (χ2n) is 11.6. The van der Waals surface area contributed by atoms with Gasteiger partial charge in [0.1, 0.15) is 6.04 Å². The van der Waals surface area contributed by atoms with Crippen LogP contribution in [0.3, 0.4) is 0 Å². The lowest BCUT2D eigenvalue weighted by Gasteiger charge is -2.42. The number of hydrogen-bond acceptors (Lipinski definition) is 5. The van der Waals surface area contributed by atoms with E-state index < -0.39 is 28.7 Å². The molecule has 3 saturated heterocycles. The Morgan fingerprint density at radius 1 is 1.18 bits per heavy atom. The molecule has 0 aromatic heterocycles. The molecule has 1 spiro atoms. The fourth-order valence-corrected chi connectivity index (χ4v) is 9.66. The van der Waals surface area contributed by atoms with Crippen molar-refractivity contribution in [1.82, 2.24) is 14.7 Å². The number of nitrogens with zero attached hydrogens (tertiary/aromatic N) is 3. The van der Waals surface area contributed by atoms with Crippen molar-refractivity contribution in [3.8, 4) is 0 Å². The Kier molecular flexibility index (Phi) is 9.83. The molecule has 1 N–H and O–H groups in total. The van der Waals surface area contributed by atoms with Crippen molar-refractivity contribution < 1.29 is 19.5 Å². The summed E-state index contributed by atoms with van der Waals surface area (Å²) in [7, 11) is 1.75. The zero-order chi connectivity index (χ0) is 29.0. The fraction of sp³-hybridized carbons (Fsp3) is 0.594. The van der Waals surface area contributed by atoms with Gasteiger partial charge in [0.25, 0.3) is 0 Å². The van der Waals surface area contributed by atoms with E-state index in [2.05, 4.69) is 27.0 Å². The Bertz CT molecular complexity index is 1100. The highest BCUT2D eigenvalue weighted by Crippen LogP contribution is 2.69. The molecule has 1 aromatic carbocycles. The number of aliphatic hydroxyl groups excluding tert-OH is 1. The normalized spacial score (nSPS) is 29.2. The molecule has 4 rings (SSSR count). The second-order valence-corrected chi connectivity index (χ2v) is 13.2. The molecule has 3 unspecified atom stereocenters. The van der Waals surface area contributed by atoms with Crippen LogP contribution in [0.15, 0.2) is 55.6 Å². The lowest BCUT2D eigenvalue weighted by molar-refractivity contribution is -0.146. The second kappa shape index (κ2) is 12.9. The standard InChI is InChI=1S/C32H45N3O4S/c1-6-9-13-18-34(17-8-3)31(39)28-32-22(4)19-25(40-32)26(29(37)33(5)16-7-2)27(32)30(38)35(28)24(21-36)20-23-14-11-10-12-15-23/h7-8,10-12,14-15,22,24-28,36H,2-3,6,9,13,16-21H2,1,4-5H3/t22?,24-,25+,26-,27+,28?,32?/m1/s1.